The van der Waals surface area contributed by atoms with Crippen molar-refractivity contribution in [2.75, 3.05) is 0 Å². The van der Waals surface area contributed by atoms with Gasteiger partial charge < -0.3 is 0 Å². The molecule has 98 valence electrons. The van der Waals surface area contributed by atoms with Crippen molar-refractivity contribution in [2.45, 2.75) is 44.9 Å². The molecule has 0 saturated heterocycles. The van der Waals surface area contributed by atoms with Gasteiger partial charge in [0.2, 0.25) is 0 Å². The minimum Gasteiger partial charge on any atom is -0.292 e. The van der Waals surface area contributed by atoms with Crippen LogP contribution in [0, 0.1) is 17.8 Å². The normalized spacial score (nSPS) is 31.9. The van der Waals surface area contributed by atoms with Gasteiger partial charge in [-0.1, -0.05) is 25.7 Å². The van der Waals surface area contributed by atoms with Gasteiger partial charge in [-0.15, -0.1) is 0 Å². The summed E-state index contributed by atoms with van der Waals surface area (Å²) in [6.45, 7) is 0. The maximum atomic E-state index is 12.4. The van der Waals surface area contributed by atoms with E-state index in [-0.39, 0.29) is 11.7 Å². The molecule has 3 unspecified atom stereocenters. The third kappa shape index (κ3) is 2.23. The van der Waals surface area contributed by atoms with Gasteiger partial charge in [0, 0.05) is 19.2 Å². The van der Waals surface area contributed by atoms with Crippen LogP contribution in [0.2, 0.25) is 0 Å². The van der Waals surface area contributed by atoms with Crippen LogP contribution < -0.4 is 0 Å². The number of hydrogen-bond donors (Lipinski definition) is 0. The molecule has 0 bridgehead atoms. The van der Waals surface area contributed by atoms with Crippen LogP contribution in [0.15, 0.2) is 12.3 Å². The second-order valence-electron chi connectivity index (χ2n) is 6.05. The first-order valence-electron chi connectivity index (χ1n) is 7.28. The number of carbonyl (C=O) groups is 1. The summed E-state index contributed by atoms with van der Waals surface area (Å²) >= 11 is 0. The molecule has 1 aromatic heterocycles. The predicted molar refractivity (Wildman–Crippen MR) is 70.3 cm³/mol. The van der Waals surface area contributed by atoms with Gasteiger partial charge in [0.1, 0.15) is 5.69 Å². The zero-order valence-electron chi connectivity index (χ0n) is 11.1. The van der Waals surface area contributed by atoms with Crippen LogP contribution in [0.25, 0.3) is 0 Å². The molecule has 18 heavy (non-hydrogen) atoms. The van der Waals surface area contributed by atoms with Gasteiger partial charge in [0.05, 0.1) is 0 Å². The molecule has 2 saturated carbocycles. The largest absolute Gasteiger partial charge is 0.292 e. The molecule has 0 radical (unpaired) electrons. The van der Waals surface area contributed by atoms with Crippen LogP contribution in [0.3, 0.4) is 0 Å². The Morgan fingerprint density at radius 2 is 2.00 bits per heavy atom. The van der Waals surface area contributed by atoms with Crippen molar-refractivity contribution >= 4 is 5.78 Å². The van der Waals surface area contributed by atoms with E-state index in [0.29, 0.717) is 5.69 Å². The summed E-state index contributed by atoms with van der Waals surface area (Å²) in [5, 5.41) is 4.26. The third-order valence-corrected chi connectivity index (χ3v) is 4.88. The van der Waals surface area contributed by atoms with Gasteiger partial charge in [0.25, 0.3) is 0 Å². The van der Waals surface area contributed by atoms with Crippen LogP contribution in [0.4, 0.5) is 0 Å². The van der Waals surface area contributed by atoms with E-state index >= 15 is 0 Å². The lowest BCUT2D eigenvalue weighted by Gasteiger charge is -2.38. The predicted octanol–water partition coefficient (Wildman–Crippen LogP) is 3.21. The van der Waals surface area contributed by atoms with E-state index in [2.05, 4.69) is 5.10 Å². The van der Waals surface area contributed by atoms with Crippen molar-refractivity contribution in [3.8, 4) is 0 Å². The summed E-state index contributed by atoms with van der Waals surface area (Å²) in [6.07, 6.45) is 10.8. The fourth-order valence-electron chi connectivity index (χ4n) is 3.87. The van der Waals surface area contributed by atoms with Crippen molar-refractivity contribution in [2.24, 2.45) is 24.8 Å². The van der Waals surface area contributed by atoms with Crippen molar-refractivity contribution in [1.82, 2.24) is 9.78 Å². The molecule has 0 N–H and O–H groups in total. The topological polar surface area (TPSA) is 34.9 Å². The lowest BCUT2D eigenvalue weighted by atomic mass is 9.66. The first-order valence-corrected chi connectivity index (χ1v) is 7.28. The summed E-state index contributed by atoms with van der Waals surface area (Å²) in [5.41, 5.74) is 0.664. The van der Waals surface area contributed by atoms with E-state index in [1.54, 1.807) is 4.68 Å². The number of rotatable bonds is 2. The zero-order chi connectivity index (χ0) is 12.5. The van der Waals surface area contributed by atoms with Crippen molar-refractivity contribution < 1.29 is 4.79 Å². The minimum atomic E-state index is 0.235. The molecule has 3 heteroatoms. The smallest absolute Gasteiger partial charge is 0.186 e. The number of carbonyl (C=O) groups excluding carboxylic acids is 1. The van der Waals surface area contributed by atoms with Gasteiger partial charge in [-0.05, 0) is 37.2 Å². The molecular formula is C15H22N2O. The first-order chi connectivity index (χ1) is 8.74. The molecule has 2 aliphatic carbocycles. The Hall–Kier alpha value is -1.12. The molecule has 0 aromatic carbocycles. The average Bonchev–Trinajstić information content (AvgIpc) is 2.84. The maximum Gasteiger partial charge on any atom is 0.186 e. The highest BCUT2D eigenvalue weighted by atomic mass is 16.1. The molecule has 0 amide bonds. The first kappa shape index (κ1) is 11.9. The molecule has 3 rings (SSSR count). The lowest BCUT2D eigenvalue weighted by molar-refractivity contribution is 0.0758. The van der Waals surface area contributed by atoms with Gasteiger partial charge in [-0.2, -0.15) is 5.10 Å². The number of hydrogen-bond acceptors (Lipinski definition) is 2. The Morgan fingerprint density at radius 1 is 1.22 bits per heavy atom. The molecular weight excluding hydrogens is 224 g/mol. The maximum absolute atomic E-state index is 12.4. The number of ketones is 1. The van der Waals surface area contributed by atoms with Crippen LogP contribution in [-0.4, -0.2) is 15.6 Å². The number of nitrogens with zero attached hydrogens (tertiary/aromatic N) is 2. The monoisotopic (exact) mass is 246 g/mol. The highest BCUT2D eigenvalue weighted by Crippen LogP contribution is 2.43. The minimum absolute atomic E-state index is 0.235. The molecule has 2 aliphatic rings. The Balaban J connectivity index is 1.68. The van der Waals surface area contributed by atoms with E-state index in [1.807, 2.05) is 19.3 Å². The number of aromatic nitrogens is 2. The highest BCUT2D eigenvalue weighted by molar-refractivity contribution is 5.96. The van der Waals surface area contributed by atoms with E-state index < -0.39 is 0 Å². The van der Waals surface area contributed by atoms with Gasteiger partial charge in [-0.25, -0.2) is 0 Å². The quantitative estimate of drug-likeness (QED) is 0.751. The molecule has 2 fully saturated rings. The average molecular weight is 246 g/mol. The molecule has 1 aromatic rings. The van der Waals surface area contributed by atoms with Crippen molar-refractivity contribution in [3.05, 3.63) is 18.0 Å². The Labute approximate surface area is 109 Å². The summed E-state index contributed by atoms with van der Waals surface area (Å²) in [4.78, 5) is 12.4. The Morgan fingerprint density at radius 3 is 2.72 bits per heavy atom. The van der Waals surface area contributed by atoms with Crippen LogP contribution >= 0.6 is 0 Å². The molecule has 3 nitrogen and oxygen atoms in total. The number of fused-ring (bicyclic) bond motifs is 1. The Bertz CT molecular complexity index is 437. The molecule has 3 atom stereocenters. The summed E-state index contributed by atoms with van der Waals surface area (Å²) in [5.74, 6) is 2.23. The van der Waals surface area contributed by atoms with Crippen molar-refractivity contribution in [1.29, 1.82) is 0 Å². The summed E-state index contributed by atoms with van der Waals surface area (Å²) in [7, 11) is 1.87. The molecule has 1 heterocycles. The Kier molecular flexibility index (Phi) is 3.23. The van der Waals surface area contributed by atoms with Crippen molar-refractivity contribution in [3.63, 3.8) is 0 Å². The fraction of sp³-hybridized carbons (Fsp3) is 0.733. The molecule has 0 aliphatic heterocycles. The van der Waals surface area contributed by atoms with Crippen LogP contribution in [0.5, 0.6) is 0 Å². The summed E-state index contributed by atoms with van der Waals surface area (Å²) in [6, 6.07) is 1.86. The second-order valence-corrected chi connectivity index (χ2v) is 6.05. The fourth-order valence-corrected chi connectivity index (χ4v) is 3.87. The lowest BCUT2D eigenvalue weighted by Crippen LogP contribution is -2.31. The second kappa shape index (κ2) is 4.87. The highest BCUT2D eigenvalue weighted by Gasteiger charge is 2.35. The SMILES string of the molecule is Cn1ccc(C(=O)C2CCC3CCCCC3C2)n1. The van der Waals surface area contributed by atoms with Crippen LogP contribution in [0.1, 0.15) is 55.4 Å². The van der Waals surface area contributed by atoms with Gasteiger partial charge >= 0.3 is 0 Å². The van der Waals surface area contributed by atoms with Crippen LogP contribution in [-0.2, 0) is 7.05 Å². The zero-order valence-corrected chi connectivity index (χ0v) is 11.1. The molecule has 0 spiro atoms. The third-order valence-electron chi connectivity index (χ3n) is 4.88. The van der Waals surface area contributed by atoms with Gasteiger partial charge in [-0.3, -0.25) is 9.48 Å². The summed E-state index contributed by atoms with van der Waals surface area (Å²) < 4.78 is 1.72. The van der Waals surface area contributed by atoms with E-state index in [1.165, 1.54) is 32.1 Å². The standard InChI is InChI=1S/C15H22N2O/c1-17-9-8-14(16-17)15(18)13-7-6-11-4-2-3-5-12(11)10-13/h8-9,11-13H,2-7,10H2,1H3. The number of Topliss-reactive ketones (excluding diaryl/α,β-unsaturated/α-hetero) is 1. The van der Waals surface area contributed by atoms with E-state index in [9.17, 15) is 4.79 Å². The van der Waals surface area contributed by atoms with E-state index in [4.69, 9.17) is 0 Å². The number of aryl methyl sites for hydroxylation is 1. The van der Waals surface area contributed by atoms with E-state index in [0.717, 1.165) is 24.7 Å². The van der Waals surface area contributed by atoms with Gasteiger partial charge in [0.15, 0.2) is 5.78 Å².